The first-order valence-electron chi connectivity index (χ1n) is 10.8. The zero-order chi connectivity index (χ0) is 23.8. The molecule has 34 heavy (non-hydrogen) atoms. The molecule has 0 aliphatic rings. The molecule has 0 radical (unpaired) electrons. The first-order valence-corrected chi connectivity index (χ1v) is 11.7. The van der Waals surface area contributed by atoms with Gasteiger partial charge < -0.3 is 19.8 Å². The maximum absolute atomic E-state index is 13.3. The molecule has 1 heterocycles. The van der Waals surface area contributed by atoms with Crippen LogP contribution in [0.1, 0.15) is 28.3 Å². The van der Waals surface area contributed by atoms with Gasteiger partial charge in [-0.25, -0.2) is 0 Å². The summed E-state index contributed by atoms with van der Waals surface area (Å²) in [5.41, 5.74) is 2.18. The van der Waals surface area contributed by atoms with Crippen LogP contribution in [0.25, 0.3) is 0 Å². The molecule has 4 aromatic rings. The molecular formula is C27H24N2O4S. The van der Waals surface area contributed by atoms with Crippen molar-refractivity contribution in [2.75, 3.05) is 17.2 Å². The van der Waals surface area contributed by atoms with Crippen molar-refractivity contribution in [1.82, 2.24) is 0 Å². The Bertz CT molecular complexity index is 1230. The summed E-state index contributed by atoms with van der Waals surface area (Å²) in [5.74, 6) is 0.503. The van der Waals surface area contributed by atoms with E-state index in [0.717, 1.165) is 16.2 Å². The summed E-state index contributed by atoms with van der Waals surface area (Å²) in [6.45, 7) is 2.51. The lowest BCUT2D eigenvalue weighted by atomic mass is 10.1. The Morgan fingerprint density at radius 1 is 0.882 bits per heavy atom. The standard InChI is InChI=1S/C27H24N2O4S/c1-2-32-22-15-13-20(14-16-22)28-27(31)25(19-8-4-3-5-9-19)34-23-11-6-10-21(18-23)29-26(30)24-12-7-17-33-24/h3-18,25H,2H2,1H3,(H,28,31)(H,29,30). The Labute approximate surface area is 202 Å². The molecule has 1 unspecified atom stereocenters. The van der Waals surface area contributed by atoms with Crippen LogP contribution in [0.15, 0.2) is 107 Å². The van der Waals surface area contributed by atoms with Gasteiger partial charge in [-0.2, -0.15) is 0 Å². The van der Waals surface area contributed by atoms with Gasteiger partial charge in [-0.1, -0.05) is 36.4 Å². The number of furan rings is 1. The topological polar surface area (TPSA) is 80.6 Å². The second-order valence-electron chi connectivity index (χ2n) is 7.31. The lowest BCUT2D eigenvalue weighted by molar-refractivity contribution is -0.115. The molecule has 7 heteroatoms. The number of ether oxygens (including phenoxy) is 1. The van der Waals surface area contributed by atoms with Gasteiger partial charge in [0.25, 0.3) is 5.91 Å². The van der Waals surface area contributed by atoms with Crippen LogP contribution in [0.5, 0.6) is 5.75 Å². The fourth-order valence-corrected chi connectivity index (χ4v) is 4.38. The summed E-state index contributed by atoms with van der Waals surface area (Å²) in [7, 11) is 0. The first-order chi connectivity index (χ1) is 16.6. The van der Waals surface area contributed by atoms with Gasteiger partial charge in [-0.3, -0.25) is 9.59 Å². The molecule has 0 spiro atoms. The minimum Gasteiger partial charge on any atom is -0.494 e. The summed E-state index contributed by atoms with van der Waals surface area (Å²) in [6, 6.07) is 27.5. The number of benzene rings is 3. The van der Waals surface area contributed by atoms with E-state index in [0.29, 0.717) is 18.0 Å². The molecule has 1 aromatic heterocycles. The van der Waals surface area contributed by atoms with Crippen molar-refractivity contribution >= 4 is 35.0 Å². The van der Waals surface area contributed by atoms with E-state index in [9.17, 15) is 9.59 Å². The number of hydrogen-bond donors (Lipinski definition) is 2. The molecule has 0 saturated carbocycles. The van der Waals surface area contributed by atoms with Crippen molar-refractivity contribution in [3.8, 4) is 5.75 Å². The van der Waals surface area contributed by atoms with Crippen LogP contribution in [-0.2, 0) is 4.79 Å². The van der Waals surface area contributed by atoms with Gasteiger partial charge >= 0.3 is 0 Å². The minimum absolute atomic E-state index is 0.148. The largest absolute Gasteiger partial charge is 0.494 e. The van der Waals surface area contributed by atoms with Gasteiger partial charge in [-0.15, -0.1) is 11.8 Å². The van der Waals surface area contributed by atoms with Crippen LogP contribution in [0.3, 0.4) is 0 Å². The quantitative estimate of drug-likeness (QED) is 0.275. The van der Waals surface area contributed by atoms with Crippen molar-refractivity contribution < 1.29 is 18.7 Å². The molecule has 1 atom stereocenters. The van der Waals surface area contributed by atoms with E-state index in [4.69, 9.17) is 9.15 Å². The molecule has 0 saturated heterocycles. The average molecular weight is 473 g/mol. The van der Waals surface area contributed by atoms with Crippen LogP contribution in [0.2, 0.25) is 0 Å². The lowest BCUT2D eigenvalue weighted by Gasteiger charge is -2.18. The number of nitrogens with one attached hydrogen (secondary N) is 2. The van der Waals surface area contributed by atoms with Crippen molar-refractivity contribution in [1.29, 1.82) is 0 Å². The van der Waals surface area contributed by atoms with E-state index < -0.39 is 5.25 Å². The van der Waals surface area contributed by atoms with Crippen molar-refractivity contribution in [3.63, 3.8) is 0 Å². The van der Waals surface area contributed by atoms with E-state index in [1.54, 1.807) is 18.2 Å². The predicted octanol–water partition coefficient (Wildman–Crippen LogP) is 6.40. The van der Waals surface area contributed by atoms with Gasteiger partial charge in [0.15, 0.2) is 5.76 Å². The second kappa shape index (κ2) is 11.2. The van der Waals surface area contributed by atoms with Crippen molar-refractivity contribution in [3.05, 3.63) is 109 Å². The monoisotopic (exact) mass is 472 g/mol. The molecular weight excluding hydrogens is 448 g/mol. The smallest absolute Gasteiger partial charge is 0.291 e. The number of carbonyl (C=O) groups excluding carboxylic acids is 2. The van der Waals surface area contributed by atoms with Crippen LogP contribution in [-0.4, -0.2) is 18.4 Å². The van der Waals surface area contributed by atoms with E-state index >= 15 is 0 Å². The summed E-state index contributed by atoms with van der Waals surface area (Å²) in [6.07, 6.45) is 1.45. The zero-order valence-corrected chi connectivity index (χ0v) is 19.4. The van der Waals surface area contributed by atoms with Gasteiger partial charge in [0.2, 0.25) is 5.91 Å². The summed E-state index contributed by atoms with van der Waals surface area (Å²) < 4.78 is 10.6. The highest BCUT2D eigenvalue weighted by atomic mass is 32.2. The molecule has 6 nitrogen and oxygen atoms in total. The van der Waals surface area contributed by atoms with Crippen LogP contribution < -0.4 is 15.4 Å². The number of carbonyl (C=O) groups is 2. The lowest BCUT2D eigenvalue weighted by Crippen LogP contribution is -2.19. The third kappa shape index (κ3) is 6.08. The van der Waals surface area contributed by atoms with Crippen LogP contribution >= 0.6 is 11.8 Å². The molecule has 0 fully saturated rings. The number of anilines is 2. The van der Waals surface area contributed by atoms with E-state index in [1.807, 2.05) is 79.7 Å². The summed E-state index contributed by atoms with van der Waals surface area (Å²) >= 11 is 1.41. The number of hydrogen-bond acceptors (Lipinski definition) is 5. The van der Waals surface area contributed by atoms with E-state index in [1.165, 1.54) is 18.0 Å². The Kier molecular flexibility index (Phi) is 7.67. The highest BCUT2D eigenvalue weighted by molar-refractivity contribution is 8.00. The van der Waals surface area contributed by atoms with Crippen LogP contribution in [0, 0.1) is 0 Å². The zero-order valence-electron chi connectivity index (χ0n) is 18.6. The maximum Gasteiger partial charge on any atom is 0.291 e. The number of amides is 2. The van der Waals surface area contributed by atoms with Crippen molar-refractivity contribution in [2.45, 2.75) is 17.1 Å². The maximum atomic E-state index is 13.3. The number of rotatable bonds is 9. The molecule has 3 aromatic carbocycles. The van der Waals surface area contributed by atoms with Gasteiger partial charge in [0.05, 0.1) is 12.9 Å². The minimum atomic E-state index is -0.496. The van der Waals surface area contributed by atoms with Gasteiger partial charge in [-0.05, 0) is 67.1 Å². The third-order valence-corrected chi connectivity index (χ3v) is 6.11. The molecule has 2 amide bonds. The first kappa shape index (κ1) is 23.2. The molecule has 172 valence electrons. The Morgan fingerprint density at radius 2 is 1.68 bits per heavy atom. The normalized spacial score (nSPS) is 11.4. The Morgan fingerprint density at radius 3 is 2.38 bits per heavy atom. The predicted molar refractivity (Wildman–Crippen MR) is 134 cm³/mol. The summed E-state index contributed by atoms with van der Waals surface area (Å²) in [4.78, 5) is 26.5. The van der Waals surface area contributed by atoms with Crippen LogP contribution in [0.4, 0.5) is 11.4 Å². The average Bonchev–Trinajstić information content (AvgIpc) is 3.40. The highest BCUT2D eigenvalue weighted by Crippen LogP contribution is 2.37. The second-order valence-corrected chi connectivity index (χ2v) is 8.49. The van der Waals surface area contributed by atoms with E-state index in [2.05, 4.69) is 10.6 Å². The fraction of sp³-hybridized carbons (Fsp3) is 0.111. The Balaban J connectivity index is 1.51. The van der Waals surface area contributed by atoms with Gasteiger partial charge in [0.1, 0.15) is 11.0 Å². The van der Waals surface area contributed by atoms with Crippen molar-refractivity contribution in [2.24, 2.45) is 0 Å². The van der Waals surface area contributed by atoms with Gasteiger partial charge in [0, 0.05) is 16.3 Å². The highest BCUT2D eigenvalue weighted by Gasteiger charge is 2.22. The summed E-state index contributed by atoms with van der Waals surface area (Å²) in [5, 5.41) is 5.33. The molecule has 4 rings (SSSR count). The SMILES string of the molecule is CCOc1ccc(NC(=O)C(Sc2cccc(NC(=O)c3ccco3)c2)c2ccccc2)cc1. The molecule has 0 aliphatic heterocycles. The molecule has 0 aliphatic carbocycles. The Hall–Kier alpha value is -3.97. The number of thioether (sulfide) groups is 1. The molecule has 0 bridgehead atoms. The van der Waals surface area contributed by atoms with E-state index in [-0.39, 0.29) is 17.6 Å². The third-order valence-electron chi connectivity index (χ3n) is 4.86. The fourth-order valence-electron chi connectivity index (χ4n) is 3.29. The molecule has 2 N–H and O–H groups in total.